The van der Waals surface area contributed by atoms with Crippen molar-refractivity contribution in [2.75, 3.05) is 11.6 Å². The third kappa shape index (κ3) is 6.94. The van der Waals surface area contributed by atoms with Gasteiger partial charge in [0.2, 0.25) is 5.91 Å². The van der Waals surface area contributed by atoms with Crippen LogP contribution in [-0.2, 0) is 27.4 Å². The first-order valence-corrected chi connectivity index (χ1v) is 12.9. The van der Waals surface area contributed by atoms with Crippen molar-refractivity contribution in [3.8, 4) is 11.3 Å². The van der Waals surface area contributed by atoms with Gasteiger partial charge in [-0.1, -0.05) is 61.7 Å². The van der Waals surface area contributed by atoms with Crippen LogP contribution < -0.4 is 5.32 Å². The number of sulfone groups is 1. The van der Waals surface area contributed by atoms with Gasteiger partial charge in [0.1, 0.15) is 18.1 Å². The molecule has 6 nitrogen and oxygen atoms in total. The van der Waals surface area contributed by atoms with Gasteiger partial charge in [-0.05, 0) is 35.9 Å². The van der Waals surface area contributed by atoms with Gasteiger partial charge in [-0.15, -0.1) is 0 Å². The van der Waals surface area contributed by atoms with Crippen LogP contribution in [0.15, 0.2) is 103 Å². The minimum absolute atomic E-state index is 0.0454. The molecule has 198 valence electrons. The molecule has 0 aliphatic carbocycles. The lowest BCUT2D eigenvalue weighted by Gasteiger charge is -2.14. The number of alkyl halides is 3. The Morgan fingerprint density at radius 3 is 2.24 bits per heavy atom. The van der Waals surface area contributed by atoms with Crippen LogP contribution in [-0.4, -0.2) is 30.4 Å². The van der Waals surface area contributed by atoms with Crippen molar-refractivity contribution in [1.29, 1.82) is 0 Å². The van der Waals surface area contributed by atoms with Crippen molar-refractivity contribution in [2.45, 2.75) is 17.6 Å². The molecule has 0 spiro atoms. The van der Waals surface area contributed by atoms with Gasteiger partial charge >= 0.3 is 6.18 Å². The highest BCUT2D eigenvalue weighted by atomic mass is 32.2. The zero-order chi connectivity index (χ0) is 28.1. The Morgan fingerprint density at radius 1 is 1.08 bits per heavy atom. The van der Waals surface area contributed by atoms with Gasteiger partial charge in [0, 0.05) is 23.1 Å². The van der Waals surface area contributed by atoms with E-state index in [0.29, 0.717) is 10.4 Å². The molecule has 0 aliphatic heterocycles. The van der Waals surface area contributed by atoms with E-state index >= 15 is 0 Å². The zero-order valence-corrected chi connectivity index (χ0v) is 21.0. The molecule has 1 heterocycles. The highest BCUT2D eigenvalue weighted by Gasteiger charge is 2.41. The van der Waals surface area contributed by atoms with E-state index in [1.165, 1.54) is 36.4 Å². The van der Waals surface area contributed by atoms with E-state index in [1.54, 1.807) is 30.3 Å². The summed E-state index contributed by atoms with van der Waals surface area (Å²) in [5, 5.41) is 6.63. The molecule has 0 unspecified atom stereocenters. The molecule has 3 aromatic rings. The molecule has 0 atom stereocenters. The maximum atomic E-state index is 14.5. The number of carbonyl (C=O) groups excluding carboxylic acids is 1. The average Bonchev–Trinajstić information content (AvgIpc) is 3.21. The molecule has 0 aliphatic rings. The Balaban J connectivity index is 2.25. The number of halogens is 4. The Hall–Kier alpha value is -4.25. The molecule has 0 saturated heterocycles. The van der Waals surface area contributed by atoms with Crippen molar-refractivity contribution in [1.82, 2.24) is 9.78 Å². The fourth-order valence-corrected chi connectivity index (χ4v) is 4.22. The van der Waals surface area contributed by atoms with Crippen molar-refractivity contribution < 1.29 is 30.8 Å². The normalized spacial score (nSPS) is 12.5. The molecular weight excluding hydrogens is 522 g/mol. The highest BCUT2D eigenvalue weighted by Crippen LogP contribution is 2.41. The number of allylic oxidation sites excluding steroid dienone is 6. The number of carbonyl (C=O) groups is 1. The van der Waals surface area contributed by atoms with Crippen LogP contribution in [0.4, 0.5) is 23.2 Å². The third-order valence-electron chi connectivity index (χ3n) is 5.16. The fraction of sp³-hybridized carbons (Fsp3) is 0.111. The number of nitrogens with zero attached hydrogens (tertiary/aromatic N) is 2. The number of anilines is 1. The summed E-state index contributed by atoms with van der Waals surface area (Å²) in [6, 6.07) is 13.2. The fourth-order valence-electron chi connectivity index (χ4n) is 3.59. The van der Waals surface area contributed by atoms with Crippen LogP contribution in [0.5, 0.6) is 0 Å². The second-order valence-corrected chi connectivity index (χ2v) is 10.1. The summed E-state index contributed by atoms with van der Waals surface area (Å²) < 4.78 is 81.2. The van der Waals surface area contributed by atoms with E-state index in [9.17, 15) is 30.8 Å². The van der Waals surface area contributed by atoms with Gasteiger partial charge in [0.15, 0.2) is 15.5 Å². The summed E-state index contributed by atoms with van der Waals surface area (Å²) in [6.07, 6.45) is 0.422. The van der Waals surface area contributed by atoms with Crippen LogP contribution in [0.25, 0.3) is 16.8 Å². The predicted molar refractivity (Wildman–Crippen MR) is 138 cm³/mol. The molecule has 3 rings (SSSR count). The number of amides is 1. The van der Waals surface area contributed by atoms with E-state index in [1.807, 2.05) is 0 Å². The van der Waals surface area contributed by atoms with E-state index in [-0.39, 0.29) is 21.7 Å². The Kier molecular flexibility index (Phi) is 8.52. The van der Waals surface area contributed by atoms with Crippen molar-refractivity contribution in [3.05, 3.63) is 109 Å². The van der Waals surface area contributed by atoms with E-state index in [0.717, 1.165) is 18.4 Å². The molecule has 0 bridgehead atoms. The monoisotopic (exact) mass is 545 g/mol. The molecule has 11 heteroatoms. The van der Waals surface area contributed by atoms with Crippen LogP contribution in [0, 0.1) is 0 Å². The SMILES string of the molecule is C=C/C=C(\C=C/C(=C)F)c1c(-c2ccc(S(C)(=O)=O)cc2)nn(CC(=O)Nc2ccccc2)c1C(F)(F)F. The second-order valence-electron chi connectivity index (χ2n) is 8.08. The first-order chi connectivity index (χ1) is 17.8. The summed E-state index contributed by atoms with van der Waals surface area (Å²) in [5.41, 5.74) is -1.50. The van der Waals surface area contributed by atoms with Gasteiger partial charge in [-0.2, -0.15) is 18.3 Å². The Labute approximate surface area is 217 Å². The van der Waals surface area contributed by atoms with Gasteiger partial charge < -0.3 is 5.32 Å². The third-order valence-corrected chi connectivity index (χ3v) is 6.29. The smallest absolute Gasteiger partial charge is 0.324 e. The second kappa shape index (κ2) is 11.4. The molecule has 0 saturated carbocycles. The van der Waals surface area contributed by atoms with Crippen LogP contribution >= 0.6 is 0 Å². The molecule has 38 heavy (non-hydrogen) atoms. The number of aromatic nitrogens is 2. The summed E-state index contributed by atoms with van der Waals surface area (Å²) in [7, 11) is -3.57. The van der Waals surface area contributed by atoms with Gasteiger partial charge in [0.05, 0.1) is 4.90 Å². The number of hydrogen-bond acceptors (Lipinski definition) is 4. The van der Waals surface area contributed by atoms with Crippen LogP contribution in [0.2, 0.25) is 0 Å². The average molecular weight is 546 g/mol. The quantitative estimate of drug-likeness (QED) is 0.256. The van der Waals surface area contributed by atoms with Crippen molar-refractivity contribution in [2.24, 2.45) is 0 Å². The summed E-state index contributed by atoms with van der Waals surface area (Å²) in [5.74, 6) is -1.67. The number of hydrogen-bond donors (Lipinski definition) is 1. The van der Waals surface area contributed by atoms with E-state index in [2.05, 4.69) is 23.6 Å². The van der Waals surface area contributed by atoms with Gasteiger partial charge in [0.25, 0.3) is 0 Å². The Bertz CT molecular complexity index is 1520. The molecule has 2 aromatic carbocycles. The largest absolute Gasteiger partial charge is 0.433 e. The standard InChI is InChI=1S/C27H23F4N3O3S/c1-4-8-19(12-11-18(2)28)24-25(20-13-15-22(16-14-20)38(3,36)37)33-34(26(24)27(29,30)31)17-23(35)32-21-9-6-5-7-10-21/h4-16H,1-2,17H2,3H3,(H,32,35)/b12-11-,19-8+. The summed E-state index contributed by atoms with van der Waals surface area (Å²) >= 11 is 0. The van der Waals surface area contributed by atoms with Crippen LogP contribution in [0.1, 0.15) is 11.3 Å². The predicted octanol–water partition coefficient (Wildman–Crippen LogP) is 6.22. The molecule has 0 radical (unpaired) electrons. The van der Waals surface area contributed by atoms with E-state index in [4.69, 9.17) is 0 Å². The topological polar surface area (TPSA) is 81.1 Å². The number of rotatable bonds is 9. The lowest BCUT2D eigenvalue weighted by atomic mass is 9.97. The zero-order valence-electron chi connectivity index (χ0n) is 20.2. The van der Waals surface area contributed by atoms with Gasteiger partial charge in [-0.3, -0.25) is 4.79 Å². The number of nitrogens with one attached hydrogen (secondary N) is 1. The molecule has 0 fully saturated rings. The first kappa shape index (κ1) is 28.3. The molecule has 1 aromatic heterocycles. The maximum Gasteiger partial charge on any atom is 0.433 e. The minimum Gasteiger partial charge on any atom is -0.324 e. The van der Waals surface area contributed by atoms with Crippen molar-refractivity contribution >= 4 is 27.0 Å². The summed E-state index contributed by atoms with van der Waals surface area (Å²) in [6.45, 7) is 5.82. The van der Waals surface area contributed by atoms with E-state index < -0.39 is 45.5 Å². The maximum absolute atomic E-state index is 14.5. The van der Waals surface area contributed by atoms with Crippen molar-refractivity contribution in [3.63, 3.8) is 0 Å². The first-order valence-electron chi connectivity index (χ1n) is 11.0. The highest BCUT2D eigenvalue weighted by molar-refractivity contribution is 7.90. The molecule has 1 N–H and O–H groups in total. The lowest BCUT2D eigenvalue weighted by molar-refractivity contribution is -0.144. The molecular formula is C27H23F4N3O3S. The lowest BCUT2D eigenvalue weighted by Crippen LogP contribution is -2.24. The van der Waals surface area contributed by atoms with Crippen LogP contribution in [0.3, 0.4) is 0 Å². The number of para-hydroxylation sites is 1. The summed E-state index contributed by atoms with van der Waals surface area (Å²) in [4.78, 5) is 12.6. The Morgan fingerprint density at radius 2 is 1.71 bits per heavy atom. The molecule has 1 amide bonds. The minimum atomic E-state index is -4.98. The van der Waals surface area contributed by atoms with Gasteiger partial charge in [-0.25, -0.2) is 17.5 Å². The number of benzene rings is 2.